The van der Waals surface area contributed by atoms with Crippen LogP contribution < -0.4 is 4.74 Å². The molecule has 0 aromatic heterocycles. The van der Waals surface area contributed by atoms with Crippen molar-refractivity contribution in [3.05, 3.63) is 29.8 Å². The summed E-state index contributed by atoms with van der Waals surface area (Å²) in [6.45, 7) is 2.75. The molecule has 0 amide bonds. The number of phenols is 1. The first-order valence-corrected chi connectivity index (χ1v) is 12.9. The Hall–Kier alpha value is -1.97. The van der Waals surface area contributed by atoms with Crippen molar-refractivity contribution in [2.45, 2.75) is 110 Å². The molecule has 1 N–H and O–H groups in total. The van der Waals surface area contributed by atoms with Crippen molar-refractivity contribution in [2.24, 2.45) is 0 Å². The van der Waals surface area contributed by atoms with Crippen LogP contribution in [0.2, 0.25) is 0 Å². The largest absolute Gasteiger partial charge is 0.504 e. The van der Waals surface area contributed by atoms with Gasteiger partial charge >= 0.3 is 5.97 Å². The lowest BCUT2D eigenvalue weighted by molar-refractivity contribution is -0.137. The minimum absolute atomic E-state index is 0.0794. The van der Waals surface area contributed by atoms with Crippen LogP contribution in [0.5, 0.6) is 11.5 Å². The molecule has 0 saturated heterocycles. The Morgan fingerprint density at radius 2 is 1.31 bits per heavy atom. The van der Waals surface area contributed by atoms with E-state index < -0.39 is 0 Å². The normalized spacial score (nSPS) is 11.2. The van der Waals surface area contributed by atoms with E-state index in [4.69, 9.17) is 9.47 Å². The van der Waals surface area contributed by atoms with Gasteiger partial charge in [0.25, 0.3) is 0 Å². The first-order valence-electron chi connectivity index (χ1n) is 12.9. The number of phenolic OH excluding ortho intramolecular Hbond substituents is 1. The van der Waals surface area contributed by atoms with Crippen molar-refractivity contribution in [3.63, 3.8) is 0 Å². The Labute approximate surface area is 196 Å². The number of benzene rings is 1. The van der Waals surface area contributed by atoms with E-state index in [0.717, 1.165) is 18.4 Å². The van der Waals surface area contributed by atoms with Gasteiger partial charge < -0.3 is 14.6 Å². The zero-order valence-corrected chi connectivity index (χ0v) is 20.6. The first kappa shape index (κ1) is 28.1. The lowest BCUT2D eigenvalue weighted by atomic mass is 10.0. The van der Waals surface area contributed by atoms with Crippen LogP contribution in [0, 0.1) is 0 Å². The van der Waals surface area contributed by atoms with Crippen molar-refractivity contribution >= 4 is 12.0 Å². The minimum atomic E-state index is -0.335. The number of methoxy groups -OCH3 is 1. The van der Waals surface area contributed by atoms with Gasteiger partial charge in [0.15, 0.2) is 11.5 Å². The van der Waals surface area contributed by atoms with Gasteiger partial charge in [-0.3, -0.25) is 0 Å². The van der Waals surface area contributed by atoms with Crippen molar-refractivity contribution in [2.75, 3.05) is 13.7 Å². The van der Waals surface area contributed by atoms with Gasteiger partial charge in [-0.15, -0.1) is 0 Å². The molecule has 0 aliphatic heterocycles. The van der Waals surface area contributed by atoms with Gasteiger partial charge in [0.1, 0.15) is 0 Å². The van der Waals surface area contributed by atoms with Crippen molar-refractivity contribution < 1.29 is 19.4 Å². The summed E-state index contributed by atoms with van der Waals surface area (Å²) in [4.78, 5) is 11.8. The average Bonchev–Trinajstić information content (AvgIpc) is 2.80. The monoisotopic (exact) mass is 446 g/mol. The zero-order chi connectivity index (χ0) is 23.3. The molecule has 0 fully saturated rings. The van der Waals surface area contributed by atoms with Crippen LogP contribution >= 0.6 is 0 Å². The Morgan fingerprint density at radius 3 is 1.81 bits per heavy atom. The summed E-state index contributed by atoms with van der Waals surface area (Å²) >= 11 is 0. The van der Waals surface area contributed by atoms with Gasteiger partial charge in [0, 0.05) is 6.08 Å². The molecule has 0 bridgehead atoms. The summed E-state index contributed by atoms with van der Waals surface area (Å²) in [5.41, 5.74) is 0.777. The molecule has 1 aromatic carbocycles. The molecule has 1 aromatic rings. The summed E-state index contributed by atoms with van der Waals surface area (Å²) in [5.74, 6) is 0.127. The van der Waals surface area contributed by atoms with Gasteiger partial charge in [-0.1, -0.05) is 109 Å². The maximum atomic E-state index is 11.8. The van der Waals surface area contributed by atoms with Crippen molar-refractivity contribution in [3.8, 4) is 11.5 Å². The molecule has 0 aliphatic carbocycles. The number of ether oxygens (including phenoxy) is 2. The molecule has 182 valence electrons. The SMILES string of the molecule is CCCCCCCCCCCCCCCCCCOC(=O)/C=C\c1ccc(O)c(OC)c1. The summed E-state index contributed by atoms with van der Waals surface area (Å²) in [7, 11) is 1.49. The van der Waals surface area contributed by atoms with Crippen LogP contribution in [-0.2, 0) is 9.53 Å². The summed E-state index contributed by atoms with van der Waals surface area (Å²) in [5, 5.41) is 9.59. The van der Waals surface area contributed by atoms with E-state index in [1.54, 1.807) is 24.3 Å². The van der Waals surface area contributed by atoms with Crippen LogP contribution in [0.1, 0.15) is 115 Å². The Bertz CT molecular complexity index is 624. The molecular weight excluding hydrogens is 400 g/mol. The number of carbonyl (C=O) groups is 1. The second-order valence-electron chi connectivity index (χ2n) is 8.74. The number of esters is 1. The predicted octanol–water partition coefficient (Wildman–Crippen LogP) is 8.22. The number of carbonyl (C=O) groups excluding carboxylic acids is 1. The van der Waals surface area contributed by atoms with Crippen LogP contribution in [0.4, 0.5) is 0 Å². The zero-order valence-electron chi connectivity index (χ0n) is 20.6. The molecule has 0 saturated carbocycles. The van der Waals surface area contributed by atoms with E-state index in [2.05, 4.69) is 6.92 Å². The number of hydrogen-bond donors (Lipinski definition) is 1. The number of unbranched alkanes of at least 4 members (excludes halogenated alkanes) is 15. The second-order valence-corrected chi connectivity index (χ2v) is 8.74. The molecule has 0 unspecified atom stereocenters. The van der Waals surface area contributed by atoms with Crippen LogP contribution in [0.25, 0.3) is 6.08 Å². The molecule has 0 atom stereocenters. The second kappa shape index (κ2) is 19.7. The van der Waals surface area contributed by atoms with Gasteiger partial charge in [-0.2, -0.15) is 0 Å². The van der Waals surface area contributed by atoms with Gasteiger partial charge in [-0.05, 0) is 30.2 Å². The fraction of sp³-hybridized carbons (Fsp3) is 0.679. The molecule has 4 heteroatoms. The minimum Gasteiger partial charge on any atom is -0.504 e. The maximum absolute atomic E-state index is 11.8. The van der Waals surface area contributed by atoms with E-state index >= 15 is 0 Å². The molecule has 4 nitrogen and oxygen atoms in total. The van der Waals surface area contributed by atoms with E-state index in [1.807, 2.05) is 0 Å². The molecule has 0 aliphatic rings. The quantitative estimate of drug-likeness (QED) is 0.124. The Morgan fingerprint density at radius 1 is 0.812 bits per heavy atom. The summed E-state index contributed by atoms with van der Waals surface area (Å²) in [6, 6.07) is 4.94. The van der Waals surface area contributed by atoms with Crippen LogP contribution in [-0.4, -0.2) is 24.8 Å². The van der Waals surface area contributed by atoms with Gasteiger partial charge in [-0.25, -0.2) is 4.79 Å². The van der Waals surface area contributed by atoms with Crippen molar-refractivity contribution in [1.29, 1.82) is 0 Å². The first-order chi connectivity index (χ1) is 15.7. The highest BCUT2D eigenvalue weighted by molar-refractivity contribution is 5.87. The third kappa shape index (κ3) is 14.9. The number of hydrogen-bond acceptors (Lipinski definition) is 4. The van der Waals surface area contributed by atoms with Gasteiger partial charge in [0.05, 0.1) is 13.7 Å². The standard InChI is InChI=1S/C28H46O4/c1-3-4-5-6-7-8-9-10-11-12-13-14-15-16-17-18-23-32-28(30)22-20-25-19-21-26(29)27(24-25)31-2/h19-22,24,29H,3-18,23H2,1-2H3/b22-20-. The van der Waals surface area contributed by atoms with E-state index in [0.29, 0.717) is 12.4 Å². The Kier molecular flexibility index (Phi) is 17.3. The highest BCUT2D eigenvalue weighted by atomic mass is 16.5. The van der Waals surface area contributed by atoms with Gasteiger partial charge in [0.2, 0.25) is 0 Å². The maximum Gasteiger partial charge on any atom is 0.330 e. The van der Waals surface area contributed by atoms with Crippen LogP contribution in [0.3, 0.4) is 0 Å². The lowest BCUT2D eigenvalue weighted by Gasteiger charge is -2.04. The molecule has 1 rings (SSSR count). The van der Waals surface area contributed by atoms with Crippen LogP contribution in [0.15, 0.2) is 24.3 Å². The molecule has 0 spiro atoms. The van der Waals surface area contributed by atoms with E-state index in [1.165, 1.54) is 103 Å². The fourth-order valence-electron chi connectivity index (χ4n) is 3.83. The number of aromatic hydroxyl groups is 1. The molecule has 32 heavy (non-hydrogen) atoms. The predicted molar refractivity (Wildman–Crippen MR) is 134 cm³/mol. The third-order valence-electron chi connectivity index (χ3n) is 5.86. The van der Waals surface area contributed by atoms with E-state index in [9.17, 15) is 9.90 Å². The smallest absolute Gasteiger partial charge is 0.330 e. The molecule has 0 radical (unpaired) electrons. The lowest BCUT2D eigenvalue weighted by Crippen LogP contribution is -2.02. The summed E-state index contributed by atoms with van der Waals surface area (Å²) in [6.07, 6.45) is 24.4. The number of rotatable bonds is 20. The summed E-state index contributed by atoms with van der Waals surface area (Å²) < 4.78 is 10.3. The molecular formula is C28H46O4. The molecule has 0 heterocycles. The Balaban J connectivity index is 1.89. The fourth-order valence-corrected chi connectivity index (χ4v) is 3.83. The third-order valence-corrected chi connectivity index (χ3v) is 5.86. The highest BCUT2D eigenvalue weighted by Gasteiger charge is 2.02. The average molecular weight is 447 g/mol. The topological polar surface area (TPSA) is 55.8 Å². The highest BCUT2D eigenvalue weighted by Crippen LogP contribution is 2.26. The van der Waals surface area contributed by atoms with E-state index in [-0.39, 0.29) is 11.7 Å². The van der Waals surface area contributed by atoms with Crippen molar-refractivity contribution in [1.82, 2.24) is 0 Å².